The lowest BCUT2D eigenvalue weighted by Crippen LogP contribution is -2.24. The number of hydrogen-bond acceptors (Lipinski definition) is 5. The molecule has 6 nitrogen and oxygen atoms in total. The minimum absolute atomic E-state index is 0.0294. The average Bonchev–Trinajstić information content (AvgIpc) is 2.49. The Kier molecular flexibility index (Phi) is 4.73. The van der Waals surface area contributed by atoms with Crippen LogP contribution >= 0.6 is 0 Å². The van der Waals surface area contributed by atoms with E-state index in [0.717, 1.165) is 11.1 Å². The Labute approximate surface area is 121 Å². The van der Waals surface area contributed by atoms with Crippen LogP contribution in [0.5, 0.6) is 0 Å². The van der Waals surface area contributed by atoms with Crippen molar-refractivity contribution in [3.63, 3.8) is 0 Å². The highest BCUT2D eigenvalue weighted by atomic mass is 16.5. The predicted molar refractivity (Wildman–Crippen MR) is 77.3 cm³/mol. The van der Waals surface area contributed by atoms with E-state index in [9.17, 15) is 9.59 Å². The van der Waals surface area contributed by atoms with E-state index in [0.29, 0.717) is 5.69 Å². The number of nitrogen functional groups attached to an aromatic ring is 1. The number of ether oxygens (including phenoxy) is 1. The topological polar surface area (TPSA) is 94.6 Å². The van der Waals surface area contributed by atoms with Gasteiger partial charge < -0.3 is 20.1 Å². The van der Waals surface area contributed by atoms with Crippen molar-refractivity contribution in [2.45, 2.75) is 19.8 Å². The maximum absolute atomic E-state index is 11.7. The zero-order chi connectivity index (χ0) is 15.2. The van der Waals surface area contributed by atoms with Crippen LogP contribution in [-0.4, -0.2) is 15.6 Å². The number of aliphatic hydroxyl groups excluding tert-OH is 1. The van der Waals surface area contributed by atoms with Crippen LogP contribution in [0.1, 0.15) is 11.1 Å². The summed E-state index contributed by atoms with van der Waals surface area (Å²) in [5.41, 5.74) is 7.25. The molecule has 0 unspecified atom stereocenters. The second-order valence-electron chi connectivity index (χ2n) is 4.56. The summed E-state index contributed by atoms with van der Waals surface area (Å²) in [7, 11) is 0. The molecule has 110 valence electrons. The molecule has 2 rings (SSSR count). The van der Waals surface area contributed by atoms with E-state index in [1.807, 2.05) is 0 Å². The van der Waals surface area contributed by atoms with Crippen LogP contribution in [0.3, 0.4) is 0 Å². The quantitative estimate of drug-likeness (QED) is 0.788. The normalized spacial score (nSPS) is 10.3. The monoisotopic (exact) mass is 288 g/mol. The lowest BCUT2D eigenvalue weighted by molar-refractivity contribution is -0.145. The van der Waals surface area contributed by atoms with Crippen molar-refractivity contribution in [3.05, 3.63) is 64.1 Å². The van der Waals surface area contributed by atoms with E-state index in [2.05, 4.69) is 0 Å². The summed E-state index contributed by atoms with van der Waals surface area (Å²) in [6, 6.07) is 9.83. The molecule has 0 fully saturated rings. The highest BCUT2D eigenvalue weighted by Crippen LogP contribution is 2.06. The van der Waals surface area contributed by atoms with Gasteiger partial charge >= 0.3 is 5.97 Å². The molecule has 1 aromatic carbocycles. The Hall–Kier alpha value is -2.60. The highest BCUT2D eigenvalue weighted by Gasteiger charge is 2.06. The second kappa shape index (κ2) is 6.71. The van der Waals surface area contributed by atoms with Crippen LogP contribution in [-0.2, 0) is 29.3 Å². The molecule has 0 aliphatic heterocycles. The number of rotatable bonds is 5. The maximum Gasteiger partial charge on any atom is 0.326 e. The first kappa shape index (κ1) is 14.8. The van der Waals surface area contributed by atoms with Gasteiger partial charge in [-0.15, -0.1) is 0 Å². The number of benzene rings is 1. The number of esters is 1. The van der Waals surface area contributed by atoms with E-state index in [4.69, 9.17) is 15.6 Å². The van der Waals surface area contributed by atoms with Crippen LogP contribution in [0.25, 0.3) is 0 Å². The van der Waals surface area contributed by atoms with Gasteiger partial charge in [-0.2, -0.15) is 0 Å². The zero-order valence-corrected chi connectivity index (χ0v) is 11.4. The molecule has 2 aromatic rings. The standard InChI is InChI=1S/C15H16N2O4/c16-13-5-6-14(19)17(7-13)8-15(20)21-10-12-3-1-11(9-18)2-4-12/h1-7,18H,8-10,16H2. The Bertz CT molecular complexity index is 677. The largest absolute Gasteiger partial charge is 0.459 e. The number of anilines is 1. The number of aromatic nitrogens is 1. The fraction of sp³-hybridized carbons (Fsp3) is 0.200. The second-order valence-corrected chi connectivity index (χ2v) is 4.56. The minimum atomic E-state index is -0.520. The molecular formula is C15H16N2O4. The summed E-state index contributed by atoms with van der Waals surface area (Å²) in [5, 5.41) is 8.93. The fourth-order valence-corrected chi connectivity index (χ4v) is 1.76. The molecule has 6 heteroatoms. The van der Waals surface area contributed by atoms with Crippen LogP contribution in [0.15, 0.2) is 47.4 Å². The smallest absolute Gasteiger partial charge is 0.326 e. The number of nitrogens with zero attached hydrogens (tertiary/aromatic N) is 1. The van der Waals surface area contributed by atoms with E-state index < -0.39 is 5.97 Å². The average molecular weight is 288 g/mol. The minimum Gasteiger partial charge on any atom is -0.459 e. The molecule has 0 radical (unpaired) electrons. The van der Waals surface area contributed by atoms with E-state index >= 15 is 0 Å². The molecule has 0 saturated carbocycles. The van der Waals surface area contributed by atoms with Gasteiger partial charge in [0.05, 0.1) is 6.61 Å². The molecule has 0 amide bonds. The molecule has 3 N–H and O–H groups in total. The molecule has 0 spiro atoms. The molecule has 21 heavy (non-hydrogen) atoms. The first-order chi connectivity index (χ1) is 10.1. The third kappa shape index (κ3) is 4.19. The first-order valence-corrected chi connectivity index (χ1v) is 6.39. The van der Waals surface area contributed by atoms with Crippen molar-refractivity contribution in [1.82, 2.24) is 4.57 Å². The molecular weight excluding hydrogens is 272 g/mol. The molecule has 0 aliphatic rings. The van der Waals surface area contributed by atoms with Crippen molar-refractivity contribution in [1.29, 1.82) is 0 Å². The van der Waals surface area contributed by atoms with Gasteiger partial charge in [-0.3, -0.25) is 9.59 Å². The van der Waals surface area contributed by atoms with E-state index in [1.165, 1.54) is 22.9 Å². The SMILES string of the molecule is Nc1ccc(=O)n(CC(=O)OCc2ccc(CO)cc2)c1. The molecule has 1 heterocycles. The highest BCUT2D eigenvalue weighted by molar-refractivity contribution is 5.69. The Morgan fingerprint density at radius 3 is 2.48 bits per heavy atom. The molecule has 0 atom stereocenters. The van der Waals surface area contributed by atoms with Crippen molar-refractivity contribution in [2.24, 2.45) is 0 Å². The van der Waals surface area contributed by atoms with E-state index in [-0.39, 0.29) is 25.3 Å². The van der Waals surface area contributed by atoms with Gasteiger partial charge in [-0.05, 0) is 17.2 Å². The maximum atomic E-state index is 11.7. The molecule has 0 saturated heterocycles. The van der Waals surface area contributed by atoms with Gasteiger partial charge in [0.15, 0.2) is 0 Å². The number of carbonyl (C=O) groups excluding carboxylic acids is 1. The van der Waals surface area contributed by atoms with Crippen LogP contribution < -0.4 is 11.3 Å². The number of carbonyl (C=O) groups is 1. The summed E-state index contributed by atoms with van der Waals surface area (Å²) in [6.45, 7) is -0.0986. The van der Waals surface area contributed by atoms with Gasteiger partial charge in [0.1, 0.15) is 13.2 Å². The van der Waals surface area contributed by atoms with Crippen LogP contribution in [0.2, 0.25) is 0 Å². The zero-order valence-electron chi connectivity index (χ0n) is 11.4. The number of pyridine rings is 1. The van der Waals surface area contributed by atoms with Crippen molar-refractivity contribution >= 4 is 11.7 Å². The van der Waals surface area contributed by atoms with E-state index in [1.54, 1.807) is 24.3 Å². The predicted octanol–water partition coefficient (Wildman–Crippen LogP) is 0.666. The molecule has 0 bridgehead atoms. The summed E-state index contributed by atoms with van der Waals surface area (Å²) in [6.07, 6.45) is 1.40. The lowest BCUT2D eigenvalue weighted by atomic mass is 10.1. The lowest BCUT2D eigenvalue weighted by Gasteiger charge is -2.08. The number of hydrogen-bond donors (Lipinski definition) is 2. The third-order valence-corrected chi connectivity index (χ3v) is 2.91. The van der Waals surface area contributed by atoms with Gasteiger partial charge in [0.2, 0.25) is 0 Å². The summed E-state index contributed by atoms with van der Waals surface area (Å²) in [5.74, 6) is -0.520. The van der Waals surface area contributed by atoms with Gasteiger partial charge in [-0.1, -0.05) is 24.3 Å². The molecule has 1 aromatic heterocycles. The van der Waals surface area contributed by atoms with Crippen molar-refractivity contribution in [2.75, 3.05) is 5.73 Å². The van der Waals surface area contributed by atoms with Crippen LogP contribution in [0, 0.1) is 0 Å². The van der Waals surface area contributed by atoms with Crippen LogP contribution in [0.4, 0.5) is 5.69 Å². The van der Waals surface area contributed by atoms with Gasteiger partial charge in [0, 0.05) is 18.0 Å². The first-order valence-electron chi connectivity index (χ1n) is 6.39. The number of nitrogens with two attached hydrogens (primary N) is 1. The summed E-state index contributed by atoms with van der Waals surface area (Å²) < 4.78 is 6.30. The number of aliphatic hydroxyl groups is 1. The Morgan fingerprint density at radius 1 is 1.14 bits per heavy atom. The summed E-state index contributed by atoms with van der Waals surface area (Å²) in [4.78, 5) is 23.2. The fourth-order valence-electron chi connectivity index (χ4n) is 1.76. The summed E-state index contributed by atoms with van der Waals surface area (Å²) >= 11 is 0. The van der Waals surface area contributed by atoms with Crippen molar-refractivity contribution in [3.8, 4) is 0 Å². The van der Waals surface area contributed by atoms with Gasteiger partial charge in [0.25, 0.3) is 5.56 Å². The van der Waals surface area contributed by atoms with Gasteiger partial charge in [-0.25, -0.2) is 0 Å². The Morgan fingerprint density at radius 2 is 1.81 bits per heavy atom. The molecule has 0 aliphatic carbocycles. The Balaban J connectivity index is 1.92. The third-order valence-electron chi connectivity index (χ3n) is 2.91. The van der Waals surface area contributed by atoms with Crippen molar-refractivity contribution < 1.29 is 14.6 Å².